The summed E-state index contributed by atoms with van der Waals surface area (Å²) in [5, 5.41) is 10.5. The molecule has 3 nitrogen and oxygen atoms in total. The second-order valence-corrected chi connectivity index (χ2v) is 7.25. The highest BCUT2D eigenvalue weighted by atomic mass is 19.4. The highest BCUT2D eigenvalue weighted by Crippen LogP contribution is 2.45. The van der Waals surface area contributed by atoms with Crippen LogP contribution in [0.4, 0.5) is 13.2 Å². The second-order valence-electron chi connectivity index (χ2n) is 7.25. The minimum atomic E-state index is -4.72. The Labute approximate surface area is 163 Å². The van der Waals surface area contributed by atoms with E-state index in [1.54, 1.807) is 12.3 Å². The van der Waals surface area contributed by atoms with Crippen molar-refractivity contribution in [2.45, 2.75) is 50.9 Å². The van der Waals surface area contributed by atoms with Gasteiger partial charge in [-0.3, -0.25) is 0 Å². The maximum atomic E-state index is 13.7. The van der Waals surface area contributed by atoms with Crippen LogP contribution >= 0.6 is 0 Å². The Morgan fingerprint density at radius 2 is 1.96 bits per heavy atom. The zero-order valence-corrected chi connectivity index (χ0v) is 15.9. The molecule has 0 amide bonds. The first-order valence-electron chi connectivity index (χ1n) is 9.56. The second kappa shape index (κ2) is 8.35. The Morgan fingerprint density at radius 1 is 1.21 bits per heavy atom. The molecule has 0 saturated carbocycles. The predicted octanol–water partition coefficient (Wildman–Crippen LogP) is 5.07. The lowest BCUT2D eigenvalue weighted by Crippen LogP contribution is -2.51. The fraction of sp³-hybridized carbons (Fsp3) is 0.409. The summed E-state index contributed by atoms with van der Waals surface area (Å²) in [4.78, 5) is 4.37. The molecule has 1 aromatic carbocycles. The van der Waals surface area contributed by atoms with Crippen LogP contribution in [0, 0.1) is 5.92 Å². The number of aliphatic hydroxyl groups is 1. The van der Waals surface area contributed by atoms with Crippen LogP contribution in [0.5, 0.6) is 0 Å². The van der Waals surface area contributed by atoms with Gasteiger partial charge in [-0.25, -0.2) is 4.98 Å². The minimum Gasteiger partial charge on any atom is -0.376 e. The van der Waals surface area contributed by atoms with E-state index in [0.29, 0.717) is 24.4 Å². The number of rotatable bonds is 7. The van der Waals surface area contributed by atoms with E-state index in [9.17, 15) is 18.3 Å². The van der Waals surface area contributed by atoms with Gasteiger partial charge in [-0.1, -0.05) is 67.8 Å². The van der Waals surface area contributed by atoms with Crippen molar-refractivity contribution >= 4 is 0 Å². The summed E-state index contributed by atoms with van der Waals surface area (Å²) >= 11 is 0. The van der Waals surface area contributed by atoms with Gasteiger partial charge in [0, 0.05) is 31.3 Å². The molecule has 2 aromatic rings. The lowest BCUT2D eigenvalue weighted by atomic mass is 9.74. The minimum absolute atomic E-state index is 0.275. The molecule has 1 N–H and O–H groups in total. The predicted molar refractivity (Wildman–Crippen MR) is 103 cm³/mol. The molecule has 3 rings (SSSR count). The smallest absolute Gasteiger partial charge is 0.376 e. The Balaban J connectivity index is 1.85. The van der Waals surface area contributed by atoms with Crippen LogP contribution in [0.15, 0.2) is 66.5 Å². The molecular formula is C22H25F3N2O. The fourth-order valence-corrected chi connectivity index (χ4v) is 3.74. The van der Waals surface area contributed by atoms with Gasteiger partial charge < -0.3 is 9.67 Å². The van der Waals surface area contributed by atoms with Gasteiger partial charge >= 0.3 is 6.18 Å². The van der Waals surface area contributed by atoms with Gasteiger partial charge in [0.25, 0.3) is 0 Å². The van der Waals surface area contributed by atoms with Gasteiger partial charge in [0.05, 0.1) is 0 Å². The molecule has 0 fully saturated rings. The number of unbranched alkanes of at least 4 members (excludes halogenated alkanes) is 1. The number of nitrogens with zero attached hydrogens (tertiary/aromatic N) is 2. The number of allylic oxidation sites excluding steroid dienone is 2. The third-order valence-corrected chi connectivity index (χ3v) is 5.30. The average Bonchev–Trinajstić information content (AvgIpc) is 3.08. The van der Waals surface area contributed by atoms with E-state index in [-0.39, 0.29) is 12.8 Å². The van der Waals surface area contributed by atoms with E-state index in [0.717, 1.165) is 18.1 Å². The van der Waals surface area contributed by atoms with Crippen LogP contribution in [0.1, 0.15) is 37.6 Å². The normalized spacial score (nSPS) is 22.3. The summed E-state index contributed by atoms with van der Waals surface area (Å²) in [6.45, 7) is 2.53. The van der Waals surface area contributed by atoms with Crippen molar-refractivity contribution in [2.24, 2.45) is 5.92 Å². The summed E-state index contributed by atoms with van der Waals surface area (Å²) in [5.74, 6) is -0.309. The fourth-order valence-electron chi connectivity index (χ4n) is 3.74. The van der Waals surface area contributed by atoms with Gasteiger partial charge in [-0.2, -0.15) is 13.2 Å². The number of imidazole rings is 1. The van der Waals surface area contributed by atoms with Crippen molar-refractivity contribution in [1.82, 2.24) is 9.55 Å². The lowest BCUT2D eigenvalue weighted by molar-refractivity contribution is -0.255. The van der Waals surface area contributed by atoms with Crippen molar-refractivity contribution < 1.29 is 18.3 Å². The first kappa shape index (κ1) is 20.4. The molecule has 0 saturated heterocycles. The molecule has 1 aliphatic rings. The van der Waals surface area contributed by atoms with Crippen LogP contribution < -0.4 is 0 Å². The van der Waals surface area contributed by atoms with Crippen LogP contribution in [0.3, 0.4) is 0 Å². The third-order valence-electron chi connectivity index (χ3n) is 5.30. The number of hydrogen-bond donors (Lipinski definition) is 1. The average molecular weight is 390 g/mol. The number of alkyl halides is 3. The molecule has 1 aromatic heterocycles. The van der Waals surface area contributed by atoms with Crippen LogP contribution in [-0.2, 0) is 13.0 Å². The van der Waals surface area contributed by atoms with Gasteiger partial charge in [0.1, 0.15) is 5.82 Å². The molecule has 2 atom stereocenters. The number of benzene rings is 1. The SMILES string of the molecule is CCCCC1C(Cc2nccn2Cc2ccccc2)=CC=CC1(O)C(F)(F)F. The summed E-state index contributed by atoms with van der Waals surface area (Å²) in [5.41, 5.74) is -1.17. The van der Waals surface area contributed by atoms with E-state index in [4.69, 9.17) is 0 Å². The van der Waals surface area contributed by atoms with E-state index in [1.165, 1.54) is 6.08 Å². The maximum Gasteiger partial charge on any atom is 0.421 e. The Morgan fingerprint density at radius 3 is 2.64 bits per heavy atom. The van der Waals surface area contributed by atoms with Gasteiger partial charge in [-0.15, -0.1) is 0 Å². The van der Waals surface area contributed by atoms with Crippen LogP contribution in [0.2, 0.25) is 0 Å². The van der Waals surface area contributed by atoms with Gasteiger partial charge in [0.15, 0.2) is 5.60 Å². The molecule has 0 spiro atoms. The monoisotopic (exact) mass is 390 g/mol. The number of halogens is 3. The van der Waals surface area contributed by atoms with Gasteiger partial charge in [-0.05, 0) is 18.1 Å². The first-order chi connectivity index (χ1) is 13.3. The standard InChI is InChI=1S/C22H25F3N2O/c1-2-3-11-19-18(10-7-12-21(19,28)22(23,24)25)15-20-26-13-14-27(20)16-17-8-5-4-6-9-17/h4-10,12-14,19,28H,2-3,11,15-16H2,1H3. The molecule has 28 heavy (non-hydrogen) atoms. The molecular weight excluding hydrogens is 365 g/mol. The zero-order chi connectivity index (χ0) is 20.2. The topological polar surface area (TPSA) is 38.0 Å². The zero-order valence-electron chi connectivity index (χ0n) is 15.9. The Hall–Kier alpha value is -2.34. The first-order valence-corrected chi connectivity index (χ1v) is 9.56. The Kier molecular flexibility index (Phi) is 6.08. The lowest BCUT2D eigenvalue weighted by Gasteiger charge is -2.39. The highest BCUT2D eigenvalue weighted by molar-refractivity contribution is 5.32. The molecule has 0 bridgehead atoms. The van der Waals surface area contributed by atoms with Crippen LogP contribution in [-0.4, -0.2) is 26.4 Å². The molecule has 1 aliphatic carbocycles. The van der Waals surface area contributed by atoms with E-state index in [1.807, 2.05) is 48.0 Å². The van der Waals surface area contributed by atoms with Gasteiger partial charge in [0.2, 0.25) is 0 Å². The molecule has 1 heterocycles. The van der Waals surface area contributed by atoms with E-state index >= 15 is 0 Å². The summed E-state index contributed by atoms with van der Waals surface area (Å²) in [6, 6.07) is 9.83. The molecule has 6 heteroatoms. The molecule has 150 valence electrons. The quantitative estimate of drug-likeness (QED) is 0.717. The third kappa shape index (κ3) is 4.22. The van der Waals surface area contributed by atoms with Crippen molar-refractivity contribution in [2.75, 3.05) is 0 Å². The molecule has 2 unspecified atom stereocenters. The molecule has 0 aliphatic heterocycles. The number of aromatic nitrogens is 2. The van der Waals surface area contributed by atoms with Crippen molar-refractivity contribution in [1.29, 1.82) is 0 Å². The highest BCUT2D eigenvalue weighted by Gasteiger charge is 2.57. The summed E-state index contributed by atoms with van der Waals surface area (Å²) in [6.07, 6.45) is 4.61. The molecule has 0 radical (unpaired) electrons. The number of hydrogen-bond acceptors (Lipinski definition) is 2. The van der Waals surface area contributed by atoms with Crippen LogP contribution in [0.25, 0.3) is 0 Å². The van der Waals surface area contributed by atoms with E-state index < -0.39 is 17.7 Å². The maximum absolute atomic E-state index is 13.7. The van der Waals surface area contributed by atoms with Crippen molar-refractivity contribution in [3.63, 3.8) is 0 Å². The van der Waals surface area contributed by atoms with Crippen molar-refractivity contribution in [3.8, 4) is 0 Å². The van der Waals surface area contributed by atoms with E-state index in [2.05, 4.69) is 4.98 Å². The Bertz CT molecular complexity index is 839. The largest absolute Gasteiger partial charge is 0.421 e. The summed E-state index contributed by atoms with van der Waals surface area (Å²) in [7, 11) is 0. The summed E-state index contributed by atoms with van der Waals surface area (Å²) < 4.78 is 43.0. The van der Waals surface area contributed by atoms with Crippen molar-refractivity contribution in [3.05, 3.63) is 77.9 Å².